The summed E-state index contributed by atoms with van der Waals surface area (Å²) in [6.45, 7) is 4.94. The smallest absolute Gasteiger partial charge is 0.298 e. The molecule has 0 aromatic heterocycles. The van der Waals surface area contributed by atoms with Gasteiger partial charge in [-0.1, -0.05) is 52.4 Å². The van der Waals surface area contributed by atoms with Crippen LogP contribution in [0.5, 0.6) is 0 Å². The molecule has 5 heteroatoms. The summed E-state index contributed by atoms with van der Waals surface area (Å²) >= 11 is 0. The van der Waals surface area contributed by atoms with Gasteiger partial charge in [0, 0.05) is 0 Å². The number of hydrogen-bond acceptors (Lipinski definition) is 4. The lowest BCUT2D eigenvalue weighted by molar-refractivity contribution is 0.207. The zero-order chi connectivity index (χ0) is 13.7. The quantitative estimate of drug-likeness (QED) is 0.377. The number of nitrogens with zero attached hydrogens (tertiary/aromatic N) is 1. The van der Waals surface area contributed by atoms with Gasteiger partial charge in [-0.25, -0.2) is 4.57 Å². The van der Waals surface area contributed by atoms with E-state index in [0.717, 1.165) is 51.4 Å². The fourth-order valence-corrected chi connectivity index (χ4v) is 2.45. The fraction of sp³-hybridized carbons (Fsp3) is 0.923. The van der Waals surface area contributed by atoms with E-state index in [1.165, 1.54) is 0 Å². The highest BCUT2D eigenvalue weighted by atomic mass is 31.2. The lowest BCUT2D eigenvalue weighted by atomic mass is 10.2. The molecule has 0 heterocycles. The Morgan fingerprint density at radius 1 is 0.889 bits per heavy atom. The van der Waals surface area contributed by atoms with E-state index in [4.69, 9.17) is 14.3 Å². The van der Waals surface area contributed by atoms with Gasteiger partial charge in [-0.2, -0.15) is 5.26 Å². The first-order valence-corrected chi connectivity index (χ1v) is 8.53. The van der Waals surface area contributed by atoms with Crippen molar-refractivity contribution in [3.63, 3.8) is 0 Å². The van der Waals surface area contributed by atoms with Gasteiger partial charge >= 0.3 is 7.60 Å². The van der Waals surface area contributed by atoms with Crippen LogP contribution >= 0.6 is 7.60 Å². The fourth-order valence-electron chi connectivity index (χ4n) is 1.52. The maximum Gasteiger partial charge on any atom is 0.431 e. The standard InChI is InChI=1S/C13H26NO3P/c1-3-5-7-9-11-16-18(15,13-14)17-12-10-8-6-4-2/h3-12H2,1-2H3. The van der Waals surface area contributed by atoms with Crippen LogP contribution in [-0.2, 0) is 13.6 Å². The Bertz CT molecular complexity index is 258. The van der Waals surface area contributed by atoms with Crippen LogP contribution in [-0.4, -0.2) is 13.2 Å². The molecule has 18 heavy (non-hydrogen) atoms. The van der Waals surface area contributed by atoms with Crippen LogP contribution in [0, 0.1) is 11.1 Å². The molecule has 0 aromatic carbocycles. The average Bonchev–Trinajstić information content (AvgIpc) is 2.38. The molecule has 0 aliphatic carbocycles. The van der Waals surface area contributed by atoms with E-state index >= 15 is 0 Å². The maximum absolute atomic E-state index is 11.8. The van der Waals surface area contributed by atoms with Crippen LogP contribution < -0.4 is 0 Å². The molecule has 0 saturated carbocycles. The topological polar surface area (TPSA) is 59.3 Å². The Kier molecular flexibility index (Phi) is 11.5. The summed E-state index contributed by atoms with van der Waals surface area (Å²) in [5, 5.41) is 8.83. The second-order valence-corrected chi connectivity index (χ2v) is 6.10. The molecular weight excluding hydrogens is 249 g/mol. The Morgan fingerprint density at radius 2 is 1.33 bits per heavy atom. The predicted molar refractivity (Wildman–Crippen MR) is 73.4 cm³/mol. The van der Waals surface area contributed by atoms with Gasteiger partial charge in [0.15, 0.2) is 5.81 Å². The SMILES string of the molecule is CCCCCCOP(=O)(C#N)OCCCCCC. The minimum atomic E-state index is -3.49. The zero-order valence-electron chi connectivity index (χ0n) is 11.7. The second-order valence-electron chi connectivity index (χ2n) is 4.39. The van der Waals surface area contributed by atoms with E-state index in [9.17, 15) is 4.57 Å². The van der Waals surface area contributed by atoms with Crippen LogP contribution in [0.25, 0.3) is 0 Å². The van der Waals surface area contributed by atoms with Crippen molar-refractivity contribution >= 4 is 7.60 Å². The van der Waals surface area contributed by atoms with Crippen LogP contribution in [0.3, 0.4) is 0 Å². The molecule has 4 nitrogen and oxygen atoms in total. The Hall–Kier alpha value is -0.360. The summed E-state index contributed by atoms with van der Waals surface area (Å²) in [6.07, 6.45) is 8.30. The highest BCUT2D eigenvalue weighted by molar-refractivity contribution is 7.59. The Morgan fingerprint density at radius 3 is 1.67 bits per heavy atom. The lowest BCUT2D eigenvalue weighted by Gasteiger charge is -2.11. The molecule has 0 fully saturated rings. The number of hydrogen-bond donors (Lipinski definition) is 0. The largest absolute Gasteiger partial charge is 0.431 e. The molecule has 106 valence electrons. The predicted octanol–water partition coefficient (Wildman–Crippen LogP) is 4.85. The van der Waals surface area contributed by atoms with Crippen LogP contribution in [0.15, 0.2) is 0 Å². The summed E-state index contributed by atoms with van der Waals surface area (Å²) in [4.78, 5) is 0. The summed E-state index contributed by atoms with van der Waals surface area (Å²) in [5.74, 6) is 1.67. The molecule has 0 aliphatic heterocycles. The van der Waals surface area contributed by atoms with E-state index < -0.39 is 7.60 Å². The third kappa shape index (κ3) is 9.65. The van der Waals surface area contributed by atoms with E-state index in [2.05, 4.69) is 13.8 Å². The van der Waals surface area contributed by atoms with Gasteiger partial charge in [0.25, 0.3) is 0 Å². The van der Waals surface area contributed by atoms with Gasteiger partial charge in [-0.15, -0.1) is 0 Å². The number of nitriles is 1. The third-order valence-electron chi connectivity index (χ3n) is 2.64. The van der Waals surface area contributed by atoms with E-state index in [0.29, 0.717) is 13.2 Å². The van der Waals surface area contributed by atoms with Crippen molar-refractivity contribution in [1.29, 1.82) is 5.26 Å². The highest BCUT2D eigenvalue weighted by Crippen LogP contribution is 2.47. The molecule has 0 bridgehead atoms. The van der Waals surface area contributed by atoms with E-state index in [1.54, 1.807) is 5.81 Å². The summed E-state index contributed by atoms with van der Waals surface area (Å²) in [7, 11) is -3.49. The van der Waals surface area contributed by atoms with Crippen molar-refractivity contribution in [2.45, 2.75) is 65.2 Å². The summed E-state index contributed by atoms with van der Waals surface area (Å²) < 4.78 is 22.0. The normalized spacial score (nSPS) is 11.4. The van der Waals surface area contributed by atoms with Gasteiger partial charge in [0.1, 0.15) is 0 Å². The molecule has 0 saturated heterocycles. The van der Waals surface area contributed by atoms with Gasteiger partial charge in [0.2, 0.25) is 0 Å². The Labute approximate surface area is 111 Å². The molecule has 0 spiro atoms. The molecule has 0 unspecified atom stereocenters. The molecular formula is C13H26NO3P. The van der Waals surface area contributed by atoms with Crippen molar-refractivity contribution in [3.8, 4) is 5.81 Å². The second kappa shape index (κ2) is 11.7. The van der Waals surface area contributed by atoms with Crippen LogP contribution in [0.2, 0.25) is 0 Å². The number of rotatable bonds is 12. The number of unbranched alkanes of at least 4 members (excludes halogenated alkanes) is 6. The molecule has 0 rings (SSSR count). The van der Waals surface area contributed by atoms with E-state index in [-0.39, 0.29) is 0 Å². The molecule has 0 aromatic rings. The molecule has 0 atom stereocenters. The monoisotopic (exact) mass is 275 g/mol. The Balaban J connectivity index is 3.69. The minimum Gasteiger partial charge on any atom is -0.298 e. The lowest BCUT2D eigenvalue weighted by Crippen LogP contribution is -1.98. The summed E-state index contributed by atoms with van der Waals surface area (Å²) in [6, 6.07) is 0. The van der Waals surface area contributed by atoms with Crippen LogP contribution in [0.1, 0.15) is 65.2 Å². The molecule has 0 N–H and O–H groups in total. The first-order chi connectivity index (χ1) is 8.68. The van der Waals surface area contributed by atoms with Crippen molar-refractivity contribution in [2.75, 3.05) is 13.2 Å². The first-order valence-electron chi connectivity index (χ1n) is 6.99. The average molecular weight is 275 g/mol. The molecule has 0 amide bonds. The van der Waals surface area contributed by atoms with Gasteiger partial charge < -0.3 is 0 Å². The van der Waals surface area contributed by atoms with Gasteiger partial charge in [-0.3, -0.25) is 9.05 Å². The van der Waals surface area contributed by atoms with Crippen molar-refractivity contribution in [3.05, 3.63) is 0 Å². The zero-order valence-corrected chi connectivity index (χ0v) is 12.6. The van der Waals surface area contributed by atoms with Gasteiger partial charge in [0.05, 0.1) is 13.2 Å². The molecule has 0 radical (unpaired) electrons. The van der Waals surface area contributed by atoms with E-state index in [1.807, 2.05) is 0 Å². The minimum absolute atomic E-state index is 0.347. The van der Waals surface area contributed by atoms with Crippen molar-refractivity contribution in [2.24, 2.45) is 0 Å². The van der Waals surface area contributed by atoms with Crippen molar-refractivity contribution < 1.29 is 13.6 Å². The maximum atomic E-state index is 11.8. The molecule has 0 aliphatic rings. The van der Waals surface area contributed by atoms with Crippen LogP contribution in [0.4, 0.5) is 0 Å². The van der Waals surface area contributed by atoms with Gasteiger partial charge in [-0.05, 0) is 12.8 Å². The highest BCUT2D eigenvalue weighted by Gasteiger charge is 2.23. The van der Waals surface area contributed by atoms with Crippen molar-refractivity contribution in [1.82, 2.24) is 0 Å². The summed E-state index contributed by atoms with van der Waals surface area (Å²) in [5.41, 5.74) is 0. The third-order valence-corrected chi connectivity index (χ3v) is 3.93. The first kappa shape index (κ1) is 17.6.